The van der Waals surface area contributed by atoms with E-state index in [9.17, 15) is 9.90 Å². The number of aromatic hydroxyl groups is 1. The molecule has 1 rings (SSSR count). The number of aliphatic carboxylic acids is 1. The van der Waals surface area contributed by atoms with Crippen LogP contribution >= 0.6 is 12.4 Å². The number of carbonyl (C=O) groups is 1. The van der Waals surface area contributed by atoms with Gasteiger partial charge in [0.15, 0.2) is 11.5 Å². The summed E-state index contributed by atoms with van der Waals surface area (Å²) in [4.78, 5) is 10.6. The van der Waals surface area contributed by atoms with Crippen molar-refractivity contribution in [3.8, 4) is 11.5 Å². The summed E-state index contributed by atoms with van der Waals surface area (Å²) in [5, 5.41) is 18.1. The predicted molar refractivity (Wildman–Crippen MR) is 61.2 cm³/mol. The molecule has 0 spiro atoms. The van der Waals surface area contributed by atoms with E-state index in [1.165, 1.54) is 18.2 Å². The molecule has 1 aromatic carbocycles. The second kappa shape index (κ2) is 6.19. The Bertz CT molecular complexity index is 453. The molecule has 0 saturated heterocycles. The van der Waals surface area contributed by atoms with Gasteiger partial charge >= 0.3 is 5.97 Å². The third kappa shape index (κ3) is 3.60. The summed E-state index contributed by atoms with van der Waals surface area (Å²) in [5.74, 6) is -1.73. The summed E-state index contributed by atoms with van der Waals surface area (Å²) in [7, 11) is -2.69. The third-order valence-electron chi connectivity index (χ3n) is 1.91. The molecule has 0 unspecified atom stereocenters. The number of hydrogen-bond acceptors (Lipinski definition) is 4. The van der Waals surface area contributed by atoms with Gasteiger partial charge in [0, 0.05) is 0 Å². The van der Waals surface area contributed by atoms with Crippen LogP contribution in [0.1, 0.15) is 9.68 Å². The average Bonchev–Trinajstić information content (AvgIpc) is 2.20. The first kappa shape index (κ1) is 9.74. The third-order valence-corrected chi connectivity index (χ3v) is 1.91. The fourth-order valence-corrected chi connectivity index (χ4v) is 1.11. The maximum absolute atomic E-state index is 10.6. The molecule has 6 heteroatoms. The smallest absolute Gasteiger partial charge is 0.320 e. The van der Waals surface area contributed by atoms with Crippen LogP contribution in [0.5, 0.6) is 11.5 Å². The highest BCUT2D eigenvalue weighted by Crippen LogP contribution is 2.26. The van der Waals surface area contributed by atoms with Crippen LogP contribution < -0.4 is 10.5 Å². The van der Waals surface area contributed by atoms with E-state index in [0.717, 1.165) is 0 Å². The maximum atomic E-state index is 10.6. The van der Waals surface area contributed by atoms with Gasteiger partial charge in [-0.3, -0.25) is 4.79 Å². The van der Waals surface area contributed by atoms with Gasteiger partial charge in [-0.15, -0.1) is 12.4 Å². The van der Waals surface area contributed by atoms with Gasteiger partial charge in [0.2, 0.25) is 0 Å². The second-order valence-electron chi connectivity index (χ2n) is 3.05. The van der Waals surface area contributed by atoms with Crippen LogP contribution in [-0.4, -0.2) is 29.3 Å². The van der Waals surface area contributed by atoms with Gasteiger partial charge in [-0.05, 0) is 24.1 Å². The Kier molecular flexibility index (Phi) is 3.77. The first-order valence-electron chi connectivity index (χ1n) is 5.68. The molecule has 90 valence electrons. The molecule has 5 nitrogen and oxygen atoms in total. The molecular weight excluding hydrogens is 234 g/mol. The Balaban J connectivity index is 0.00000324. The summed E-state index contributed by atoms with van der Waals surface area (Å²) >= 11 is 0. The van der Waals surface area contributed by atoms with Crippen LogP contribution in [0.25, 0.3) is 0 Å². The van der Waals surface area contributed by atoms with Crippen LogP contribution in [0.15, 0.2) is 18.2 Å². The number of phenolic OH excluding ortho intramolecular Hbond substituents is 1. The van der Waals surface area contributed by atoms with Crippen LogP contribution in [0.4, 0.5) is 0 Å². The SMILES string of the molecule is Cl.[2H]C([2H])([2H])Oc1cc(C[C@@H](N)C(=O)O)ccc1O. The van der Waals surface area contributed by atoms with Crippen molar-refractivity contribution in [2.24, 2.45) is 5.73 Å². The van der Waals surface area contributed by atoms with Gasteiger partial charge in [-0.1, -0.05) is 6.07 Å². The summed E-state index contributed by atoms with van der Waals surface area (Å²) in [6, 6.07) is 2.83. The lowest BCUT2D eigenvalue weighted by Gasteiger charge is -2.08. The van der Waals surface area contributed by atoms with Crippen molar-refractivity contribution in [1.29, 1.82) is 0 Å². The molecule has 0 fully saturated rings. The molecule has 0 aliphatic carbocycles. The largest absolute Gasteiger partial charge is 0.504 e. The number of benzene rings is 1. The number of methoxy groups -OCH3 is 1. The first-order chi connectivity index (χ1) is 8.19. The Morgan fingerprint density at radius 2 is 2.38 bits per heavy atom. The number of carboxylic acid groups (broad SMARTS) is 1. The van der Waals surface area contributed by atoms with E-state index < -0.39 is 19.0 Å². The van der Waals surface area contributed by atoms with Crippen LogP contribution in [0, 0.1) is 0 Å². The number of ether oxygens (including phenoxy) is 1. The van der Waals surface area contributed by atoms with E-state index in [4.69, 9.17) is 15.0 Å². The highest BCUT2D eigenvalue weighted by Gasteiger charge is 2.13. The summed E-state index contributed by atoms with van der Waals surface area (Å²) < 4.78 is 25.4. The molecule has 0 saturated carbocycles. The molecule has 1 aromatic rings. The number of carboxylic acids is 1. The highest BCUT2D eigenvalue weighted by atomic mass is 35.5. The standard InChI is InChI=1S/C10H13NO4.ClH/c1-15-9-5-6(2-3-8(9)12)4-7(11)10(13)14;/h2-3,5,7,12H,4,11H2,1H3,(H,13,14);1H/t7-;/m1./s1/i1D3;. The van der Waals surface area contributed by atoms with Crippen molar-refractivity contribution in [1.82, 2.24) is 0 Å². The van der Waals surface area contributed by atoms with E-state index in [1.807, 2.05) is 0 Å². The molecule has 0 aromatic heterocycles. The van der Waals surface area contributed by atoms with Gasteiger partial charge in [0.05, 0.1) is 11.2 Å². The van der Waals surface area contributed by atoms with Gasteiger partial charge in [0.1, 0.15) is 6.04 Å². The van der Waals surface area contributed by atoms with Crippen LogP contribution in [0.2, 0.25) is 0 Å². The number of nitrogens with two attached hydrogens (primary N) is 1. The Labute approximate surface area is 103 Å². The lowest BCUT2D eigenvalue weighted by molar-refractivity contribution is -0.138. The van der Waals surface area contributed by atoms with E-state index >= 15 is 0 Å². The normalized spacial score (nSPS) is 14.9. The number of hydrogen-bond donors (Lipinski definition) is 3. The fraction of sp³-hybridized carbons (Fsp3) is 0.300. The first-order valence-corrected chi connectivity index (χ1v) is 4.18. The van der Waals surface area contributed by atoms with E-state index in [2.05, 4.69) is 4.74 Å². The minimum atomic E-state index is -2.69. The molecule has 0 radical (unpaired) electrons. The monoisotopic (exact) mass is 250 g/mol. The van der Waals surface area contributed by atoms with Crippen molar-refractivity contribution < 1.29 is 23.9 Å². The van der Waals surface area contributed by atoms with Gasteiger partial charge in [-0.25, -0.2) is 0 Å². The quantitative estimate of drug-likeness (QED) is 0.734. The highest BCUT2D eigenvalue weighted by molar-refractivity contribution is 5.85. The molecule has 0 aliphatic heterocycles. The zero-order chi connectivity index (χ0) is 13.9. The zero-order valence-corrected chi connectivity index (χ0v) is 9.03. The van der Waals surface area contributed by atoms with E-state index in [-0.39, 0.29) is 30.3 Å². The number of halogens is 1. The predicted octanol–water partition coefficient (Wildman–Crippen LogP) is 0.777. The summed E-state index contributed by atoms with van der Waals surface area (Å²) in [6.07, 6.45) is 0.00692. The molecule has 16 heavy (non-hydrogen) atoms. The molecule has 0 bridgehead atoms. The van der Waals surface area contributed by atoms with Crippen molar-refractivity contribution in [3.63, 3.8) is 0 Å². The minimum absolute atomic E-state index is 0. The lowest BCUT2D eigenvalue weighted by atomic mass is 10.1. The fourth-order valence-electron chi connectivity index (χ4n) is 1.11. The van der Waals surface area contributed by atoms with Crippen LogP contribution in [-0.2, 0) is 11.2 Å². The molecule has 4 N–H and O–H groups in total. The van der Waals surface area contributed by atoms with Gasteiger partial charge in [0.25, 0.3) is 0 Å². The molecule has 0 aliphatic rings. The Morgan fingerprint density at radius 1 is 1.69 bits per heavy atom. The number of rotatable bonds is 4. The Morgan fingerprint density at radius 3 is 2.94 bits per heavy atom. The average molecular weight is 251 g/mol. The molecular formula is C10H14ClNO4. The molecule has 1 atom stereocenters. The van der Waals surface area contributed by atoms with Crippen molar-refractivity contribution in [2.75, 3.05) is 7.04 Å². The van der Waals surface area contributed by atoms with Gasteiger partial charge in [-0.2, -0.15) is 0 Å². The van der Waals surface area contributed by atoms with Crippen LogP contribution in [0.3, 0.4) is 0 Å². The second-order valence-corrected chi connectivity index (χ2v) is 3.05. The van der Waals surface area contributed by atoms with Gasteiger partial charge < -0.3 is 20.7 Å². The molecule has 0 heterocycles. The molecule has 0 amide bonds. The van der Waals surface area contributed by atoms with E-state index in [1.54, 1.807) is 0 Å². The number of phenols is 1. The van der Waals surface area contributed by atoms with E-state index in [0.29, 0.717) is 5.56 Å². The van der Waals surface area contributed by atoms with Crippen molar-refractivity contribution in [3.05, 3.63) is 23.8 Å². The maximum Gasteiger partial charge on any atom is 0.320 e. The zero-order valence-electron chi connectivity index (χ0n) is 11.2. The summed E-state index contributed by atoms with van der Waals surface area (Å²) in [6.45, 7) is 0. The topological polar surface area (TPSA) is 92.8 Å². The minimum Gasteiger partial charge on any atom is -0.504 e. The van der Waals surface area contributed by atoms with Crippen molar-refractivity contribution in [2.45, 2.75) is 12.5 Å². The summed E-state index contributed by atoms with van der Waals surface area (Å²) in [5.41, 5.74) is 5.81. The Hall–Kier alpha value is -1.46. The lowest BCUT2D eigenvalue weighted by Crippen LogP contribution is -2.32. The van der Waals surface area contributed by atoms with Crippen molar-refractivity contribution >= 4 is 18.4 Å².